The van der Waals surface area contributed by atoms with E-state index in [-0.39, 0.29) is 43.9 Å². The van der Waals surface area contributed by atoms with Gasteiger partial charge in [-0.3, -0.25) is 9.59 Å². The normalized spacial score (nSPS) is 26.3. The van der Waals surface area contributed by atoms with E-state index in [9.17, 15) is 22.8 Å². The van der Waals surface area contributed by atoms with E-state index in [0.29, 0.717) is 13.2 Å². The summed E-state index contributed by atoms with van der Waals surface area (Å²) in [7, 11) is 0. The molecular weight excluding hydrogens is 313 g/mol. The molecule has 0 aromatic carbocycles. The van der Waals surface area contributed by atoms with Crippen molar-refractivity contribution in [2.75, 3.05) is 26.2 Å². The molecule has 0 N–H and O–H groups in total. The van der Waals surface area contributed by atoms with Crippen LogP contribution in [0.2, 0.25) is 0 Å². The minimum atomic E-state index is -4.85. The van der Waals surface area contributed by atoms with Gasteiger partial charge in [0.25, 0.3) is 0 Å². The molecule has 1 unspecified atom stereocenters. The quantitative estimate of drug-likeness (QED) is 0.734. The summed E-state index contributed by atoms with van der Waals surface area (Å²) in [5.74, 6) is -2.20. The SMILES string of the molecule is CC1CN(C(=O)C2CCN(C(=O)C(F)(F)F)CC2)C(C)(C)CO1. The van der Waals surface area contributed by atoms with Crippen LogP contribution in [0.4, 0.5) is 13.2 Å². The van der Waals surface area contributed by atoms with Crippen LogP contribution in [-0.4, -0.2) is 65.7 Å². The Morgan fingerprint density at radius 2 is 1.74 bits per heavy atom. The molecule has 5 nitrogen and oxygen atoms in total. The Labute approximate surface area is 133 Å². The number of carbonyl (C=O) groups excluding carboxylic acids is 2. The third-order valence-electron chi connectivity index (χ3n) is 4.53. The lowest BCUT2D eigenvalue weighted by Gasteiger charge is -2.46. The molecule has 8 heteroatoms. The van der Waals surface area contributed by atoms with Crippen molar-refractivity contribution in [2.24, 2.45) is 5.92 Å². The van der Waals surface area contributed by atoms with Crippen LogP contribution in [0.3, 0.4) is 0 Å². The summed E-state index contributed by atoms with van der Waals surface area (Å²) in [5.41, 5.74) is -0.428. The summed E-state index contributed by atoms with van der Waals surface area (Å²) >= 11 is 0. The van der Waals surface area contributed by atoms with Crippen LogP contribution < -0.4 is 0 Å². The number of rotatable bonds is 1. The van der Waals surface area contributed by atoms with Crippen LogP contribution in [0.15, 0.2) is 0 Å². The number of hydrogen-bond acceptors (Lipinski definition) is 3. The minimum Gasteiger partial charge on any atom is -0.374 e. The molecule has 0 bridgehead atoms. The highest BCUT2D eigenvalue weighted by molar-refractivity contribution is 5.83. The summed E-state index contributed by atoms with van der Waals surface area (Å²) < 4.78 is 42.9. The predicted molar refractivity (Wildman–Crippen MR) is 76.6 cm³/mol. The lowest BCUT2D eigenvalue weighted by Crippen LogP contribution is -2.60. The molecule has 2 aliphatic rings. The molecule has 2 aliphatic heterocycles. The second-order valence-electron chi connectivity index (χ2n) is 6.95. The monoisotopic (exact) mass is 336 g/mol. The lowest BCUT2D eigenvalue weighted by atomic mass is 9.91. The fraction of sp³-hybridized carbons (Fsp3) is 0.867. The van der Waals surface area contributed by atoms with Gasteiger partial charge in [0.2, 0.25) is 5.91 Å². The van der Waals surface area contributed by atoms with Crippen molar-refractivity contribution >= 4 is 11.8 Å². The third kappa shape index (κ3) is 3.97. The maximum atomic E-state index is 12.7. The van der Waals surface area contributed by atoms with Gasteiger partial charge in [-0.2, -0.15) is 13.2 Å². The van der Waals surface area contributed by atoms with Crippen molar-refractivity contribution in [3.05, 3.63) is 0 Å². The Morgan fingerprint density at radius 1 is 1.17 bits per heavy atom. The zero-order valence-corrected chi connectivity index (χ0v) is 13.7. The van der Waals surface area contributed by atoms with E-state index in [4.69, 9.17) is 4.74 Å². The van der Waals surface area contributed by atoms with Crippen LogP contribution in [0.25, 0.3) is 0 Å². The molecule has 0 aromatic heterocycles. The van der Waals surface area contributed by atoms with E-state index >= 15 is 0 Å². The Balaban J connectivity index is 1.97. The molecule has 132 valence electrons. The van der Waals surface area contributed by atoms with Gasteiger partial charge < -0.3 is 14.5 Å². The zero-order valence-electron chi connectivity index (χ0n) is 13.7. The molecule has 2 amide bonds. The number of piperidine rings is 1. The van der Waals surface area contributed by atoms with Gasteiger partial charge in [-0.1, -0.05) is 0 Å². The molecule has 0 saturated carbocycles. The van der Waals surface area contributed by atoms with Gasteiger partial charge in [0.1, 0.15) is 0 Å². The zero-order chi connectivity index (χ0) is 17.4. The lowest BCUT2D eigenvalue weighted by molar-refractivity contribution is -0.187. The van der Waals surface area contributed by atoms with Crippen molar-refractivity contribution in [3.63, 3.8) is 0 Å². The van der Waals surface area contributed by atoms with Crippen LogP contribution in [0.1, 0.15) is 33.6 Å². The van der Waals surface area contributed by atoms with Crippen LogP contribution in [0.5, 0.6) is 0 Å². The highest BCUT2D eigenvalue weighted by Gasteiger charge is 2.45. The van der Waals surface area contributed by atoms with E-state index in [1.165, 1.54) is 0 Å². The molecule has 2 saturated heterocycles. The highest BCUT2D eigenvalue weighted by Crippen LogP contribution is 2.29. The molecule has 2 rings (SSSR count). The van der Waals surface area contributed by atoms with Crippen LogP contribution >= 0.6 is 0 Å². The first kappa shape index (κ1) is 18.0. The standard InChI is InChI=1S/C15H23F3N2O3/c1-10-8-20(14(2,3)9-23-10)12(21)11-4-6-19(7-5-11)13(22)15(16,17)18/h10-11H,4-9H2,1-3H3. The van der Waals surface area contributed by atoms with Gasteiger partial charge in [-0.15, -0.1) is 0 Å². The van der Waals surface area contributed by atoms with Gasteiger partial charge in [-0.05, 0) is 33.6 Å². The number of alkyl halides is 3. The minimum absolute atomic E-state index is 0.0327. The number of carbonyl (C=O) groups is 2. The molecule has 2 fully saturated rings. The fourth-order valence-electron chi connectivity index (χ4n) is 3.10. The van der Waals surface area contributed by atoms with Crippen molar-refractivity contribution in [1.82, 2.24) is 9.80 Å². The maximum Gasteiger partial charge on any atom is 0.471 e. The van der Waals surface area contributed by atoms with Crippen molar-refractivity contribution < 1.29 is 27.5 Å². The molecule has 1 atom stereocenters. The van der Waals surface area contributed by atoms with E-state index in [1.54, 1.807) is 4.90 Å². The average molecular weight is 336 g/mol. The van der Waals surface area contributed by atoms with Gasteiger partial charge in [0, 0.05) is 25.6 Å². The number of hydrogen-bond donors (Lipinski definition) is 0. The summed E-state index contributed by atoms with van der Waals surface area (Å²) in [6, 6.07) is 0. The Morgan fingerprint density at radius 3 is 2.26 bits per heavy atom. The van der Waals surface area contributed by atoms with E-state index in [1.807, 2.05) is 20.8 Å². The number of morpholine rings is 1. The molecule has 0 aliphatic carbocycles. The first-order chi connectivity index (χ1) is 10.5. The largest absolute Gasteiger partial charge is 0.471 e. The van der Waals surface area contributed by atoms with Gasteiger partial charge in [0.15, 0.2) is 0 Å². The number of likely N-dealkylation sites (tertiary alicyclic amines) is 1. The number of nitrogens with zero attached hydrogens (tertiary/aromatic N) is 2. The summed E-state index contributed by atoms with van der Waals surface area (Å²) in [6.45, 7) is 6.57. The number of halogens is 3. The number of amides is 2. The highest BCUT2D eigenvalue weighted by atomic mass is 19.4. The molecule has 0 aromatic rings. The Hall–Kier alpha value is -1.31. The van der Waals surface area contributed by atoms with Crippen LogP contribution in [0, 0.1) is 5.92 Å². The molecule has 0 spiro atoms. The van der Waals surface area contributed by atoms with Crippen molar-refractivity contribution in [3.8, 4) is 0 Å². The molecular formula is C15H23F3N2O3. The second-order valence-corrected chi connectivity index (χ2v) is 6.95. The first-order valence-electron chi connectivity index (χ1n) is 7.81. The molecule has 0 radical (unpaired) electrons. The Kier molecular flexibility index (Phi) is 4.94. The summed E-state index contributed by atoms with van der Waals surface area (Å²) in [6.07, 6.45) is -4.37. The van der Waals surface area contributed by atoms with E-state index in [0.717, 1.165) is 4.90 Å². The Bertz CT molecular complexity index is 471. The third-order valence-corrected chi connectivity index (χ3v) is 4.53. The van der Waals surface area contributed by atoms with Gasteiger partial charge in [-0.25, -0.2) is 0 Å². The maximum absolute atomic E-state index is 12.7. The topological polar surface area (TPSA) is 49.9 Å². The van der Waals surface area contributed by atoms with E-state index < -0.39 is 17.6 Å². The first-order valence-corrected chi connectivity index (χ1v) is 7.81. The smallest absolute Gasteiger partial charge is 0.374 e. The summed E-state index contributed by atoms with van der Waals surface area (Å²) in [4.78, 5) is 26.5. The van der Waals surface area contributed by atoms with E-state index in [2.05, 4.69) is 0 Å². The van der Waals surface area contributed by atoms with Crippen molar-refractivity contribution in [1.29, 1.82) is 0 Å². The van der Waals surface area contributed by atoms with Gasteiger partial charge in [0.05, 0.1) is 18.2 Å². The van der Waals surface area contributed by atoms with Gasteiger partial charge >= 0.3 is 12.1 Å². The van der Waals surface area contributed by atoms with Crippen molar-refractivity contribution in [2.45, 2.75) is 51.4 Å². The predicted octanol–water partition coefficient (Wildman–Crippen LogP) is 1.81. The average Bonchev–Trinajstić information content (AvgIpc) is 2.47. The molecule has 23 heavy (non-hydrogen) atoms. The fourth-order valence-corrected chi connectivity index (χ4v) is 3.10. The molecule has 2 heterocycles. The summed E-state index contributed by atoms with van der Waals surface area (Å²) in [5, 5.41) is 0. The second kappa shape index (κ2) is 6.30. The number of ether oxygens (including phenoxy) is 1. The van der Waals surface area contributed by atoms with Crippen LogP contribution in [-0.2, 0) is 14.3 Å².